The molecule has 106 valence electrons. The Morgan fingerprint density at radius 3 is 2.00 bits per heavy atom. The normalized spacial score (nSPS) is 14.8. The minimum absolute atomic E-state index is 0.0210. The van der Waals surface area contributed by atoms with Crippen molar-refractivity contribution in [2.24, 2.45) is 0 Å². The van der Waals surface area contributed by atoms with E-state index in [1.54, 1.807) is 0 Å². The van der Waals surface area contributed by atoms with Gasteiger partial charge in [-0.25, -0.2) is 0 Å². The average Bonchev–Trinajstić information content (AvgIpc) is 2.81. The molecule has 4 heteroatoms. The van der Waals surface area contributed by atoms with E-state index in [1.165, 1.54) is 10.5 Å². The molecule has 0 radical (unpaired) electrons. The molecule has 0 aliphatic carbocycles. The summed E-state index contributed by atoms with van der Waals surface area (Å²) >= 11 is 0. The van der Waals surface area contributed by atoms with Crippen LogP contribution in [0.15, 0.2) is 48.5 Å². The second-order valence-electron chi connectivity index (χ2n) is 5.28. The fraction of sp³-hybridized carbons (Fsp3) is 0.176. The molecule has 2 aromatic carbocycles. The molecule has 0 saturated carbocycles. The lowest BCUT2D eigenvalue weighted by atomic mass is 10.0. The average molecular weight is 280 g/mol. The predicted octanol–water partition coefficient (Wildman–Crippen LogP) is 2.17. The molecule has 0 spiro atoms. The topological polar surface area (TPSA) is 63.4 Å². The SMILES string of the molecule is Nc1ccc(Cc2ccc(N3CC(=O)CC3=O)cc2)cc1. The number of ketones is 1. The minimum atomic E-state index is -0.119. The van der Waals surface area contributed by atoms with Gasteiger partial charge in [0.05, 0.1) is 13.0 Å². The van der Waals surface area contributed by atoms with E-state index in [2.05, 4.69) is 0 Å². The molecular formula is C17H16N2O2. The maximum absolute atomic E-state index is 11.7. The molecule has 21 heavy (non-hydrogen) atoms. The molecule has 0 bridgehead atoms. The molecule has 4 nitrogen and oxygen atoms in total. The Bertz CT molecular complexity index is 675. The highest BCUT2D eigenvalue weighted by molar-refractivity contribution is 6.15. The van der Waals surface area contributed by atoms with Crippen molar-refractivity contribution in [2.45, 2.75) is 12.8 Å². The van der Waals surface area contributed by atoms with Gasteiger partial charge in [-0.15, -0.1) is 0 Å². The number of hydrogen-bond acceptors (Lipinski definition) is 3. The van der Waals surface area contributed by atoms with Gasteiger partial charge in [0.15, 0.2) is 5.78 Å². The van der Waals surface area contributed by atoms with Gasteiger partial charge in [0.1, 0.15) is 0 Å². The third-order valence-electron chi connectivity index (χ3n) is 3.62. The largest absolute Gasteiger partial charge is 0.399 e. The third-order valence-corrected chi connectivity index (χ3v) is 3.62. The highest BCUT2D eigenvalue weighted by atomic mass is 16.2. The van der Waals surface area contributed by atoms with E-state index >= 15 is 0 Å². The zero-order valence-electron chi connectivity index (χ0n) is 11.6. The number of rotatable bonds is 3. The molecule has 1 aliphatic heterocycles. The lowest BCUT2D eigenvalue weighted by Crippen LogP contribution is -2.24. The molecule has 0 atom stereocenters. The summed E-state index contributed by atoms with van der Waals surface area (Å²) in [7, 11) is 0. The van der Waals surface area contributed by atoms with Gasteiger partial charge in [-0.1, -0.05) is 24.3 Å². The lowest BCUT2D eigenvalue weighted by molar-refractivity contribution is -0.121. The van der Waals surface area contributed by atoms with Crippen molar-refractivity contribution in [1.82, 2.24) is 0 Å². The Balaban J connectivity index is 1.73. The van der Waals surface area contributed by atoms with Crippen molar-refractivity contribution in [3.8, 4) is 0 Å². The summed E-state index contributed by atoms with van der Waals surface area (Å²) in [4.78, 5) is 24.5. The second kappa shape index (κ2) is 5.40. The fourth-order valence-electron chi connectivity index (χ4n) is 2.48. The van der Waals surface area contributed by atoms with Crippen LogP contribution in [0.1, 0.15) is 17.5 Å². The van der Waals surface area contributed by atoms with E-state index in [0.29, 0.717) is 0 Å². The maximum Gasteiger partial charge on any atom is 0.234 e. The molecule has 1 fully saturated rings. The van der Waals surface area contributed by atoms with Crippen LogP contribution < -0.4 is 10.6 Å². The van der Waals surface area contributed by atoms with Crippen molar-refractivity contribution >= 4 is 23.1 Å². The number of carbonyl (C=O) groups is 2. The standard InChI is InChI=1S/C17H16N2O2/c18-14-5-1-12(2-6-14)9-13-3-7-15(8-4-13)19-11-16(20)10-17(19)21/h1-8H,9-11,18H2. The lowest BCUT2D eigenvalue weighted by Gasteiger charge is -2.15. The summed E-state index contributed by atoms with van der Waals surface area (Å²) in [6.45, 7) is 0.191. The van der Waals surface area contributed by atoms with Gasteiger partial charge in [0.25, 0.3) is 0 Å². The Labute approximate surface area is 123 Å². The van der Waals surface area contributed by atoms with Gasteiger partial charge in [0.2, 0.25) is 5.91 Å². The summed E-state index contributed by atoms with van der Waals surface area (Å²) in [5, 5.41) is 0. The van der Waals surface area contributed by atoms with Crippen molar-refractivity contribution in [3.05, 3.63) is 59.7 Å². The van der Waals surface area contributed by atoms with Gasteiger partial charge in [0, 0.05) is 11.4 Å². The number of carbonyl (C=O) groups excluding carboxylic acids is 2. The second-order valence-corrected chi connectivity index (χ2v) is 5.28. The van der Waals surface area contributed by atoms with Crippen LogP contribution in [0.25, 0.3) is 0 Å². The number of nitrogen functional groups attached to an aromatic ring is 1. The van der Waals surface area contributed by atoms with Crippen molar-refractivity contribution < 1.29 is 9.59 Å². The van der Waals surface area contributed by atoms with E-state index in [4.69, 9.17) is 5.73 Å². The molecule has 3 rings (SSSR count). The summed E-state index contributed by atoms with van der Waals surface area (Å²) in [5.41, 5.74) is 9.55. The van der Waals surface area contributed by atoms with Crippen molar-refractivity contribution in [2.75, 3.05) is 17.2 Å². The summed E-state index contributed by atoms with van der Waals surface area (Å²) < 4.78 is 0. The zero-order chi connectivity index (χ0) is 14.8. The Hall–Kier alpha value is -2.62. The first-order chi connectivity index (χ1) is 10.1. The highest BCUT2D eigenvalue weighted by Crippen LogP contribution is 2.21. The van der Waals surface area contributed by atoms with E-state index in [0.717, 1.165) is 23.4 Å². The zero-order valence-corrected chi connectivity index (χ0v) is 11.6. The number of Topliss-reactive ketones (excluding diaryl/α,β-unsaturated/α-hetero) is 1. The number of nitrogens with zero attached hydrogens (tertiary/aromatic N) is 1. The molecule has 1 heterocycles. The van der Waals surface area contributed by atoms with E-state index < -0.39 is 0 Å². The van der Waals surface area contributed by atoms with Gasteiger partial charge >= 0.3 is 0 Å². The predicted molar refractivity (Wildman–Crippen MR) is 82.1 cm³/mol. The fourth-order valence-corrected chi connectivity index (χ4v) is 2.48. The Kier molecular flexibility index (Phi) is 3.44. The third kappa shape index (κ3) is 2.94. The number of anilines is 2. The number of benzene rings is 2. The number of nitrogens with two attached hydrogens (primary N) is 1. The molecule has 2 aromatic rings. The van der Waals surface area contributed by atoms with Crippen LogP contribution in [0.4, 0.5) is 11.4 Å². The monoisotopic (exact) mass is 280 g/mol. The maximum atomic E-state index is 11.7. The van der Waals surface area contributed by atoms with E-state index in [9.17, 15) is 9.59 Å². The first kappa shape index (κ1) is 13.4. The Morgan fingerprint density at radius 1 is 0.905 bits per heavy atom. The van der Waals surface area contributed by atoms with Crippen LogP contribution in [0.2, 0.25) is 0 Å². The summed E-state index contributed by atoms with van der Waals surface area (Å²) in [5.74, 6) is -0.141. The van der Waals surface area contributed by atoms with Crippen LogP contribution in [0.5, 0.6) is 0 Å². The van der Waals surface area contributed by atoms with Gasteiger partial charge in [-0.05, 0) is 41.8 Å². The van der Waals surface area contributed by atoms with Gasteiger partial charge in [-0.3, -0.25) is 9.59 Å². The van der Waals surface area contributed by atoms with Crippen LogP contribution >= 0.6 is 0 Å². The first-order valence-electron chi connectivity index (χ1n) is 6.87. The summed E-state index contributed by atoms with van der Waals surface area (Å²) in [6.07, 6.45) is 0.834. The minimum Gasteiger partial charge on any atom is -0.399 e. The Morgan fingerprint density at radius 2 is 1.48 bits per heavy atom. The van der Waals surface area contributed by atoms with E-state index in [1.807, 2.05) is 48.5 Å². The molecule has 0 unspecified atom stereocenters. The van der Waals surface area contributed by atoms with Crippen LogP contribution in [0.3, 0.4) is 0 Å². The molecular weight excluding hydrogens is 264 g/mol. The highest BCUT2D eigenvalue weighted by Gasteiger charge is 2.28. The van der Waals surface area contributed by atoms with Gasteiger partial charge in [-0.2, -0.15) is 0 Å². The molecule has 1 aliphatic rings. The molecule has 0 aromatic heterocycles. The molecule has 1 saturated heterocycles. The van der Waals surface area contributed by atoms with Crippen molar-refractivity contribution in [1.29, 1.82) is 0 Å². The van der Waals surface area contributed by atoms with Crippen molar-refractivity contribution in [3.63, 3.8) is 0 Å². The quantitative estimate of drug-likeness (QED) is 0.692. The van der Waals surface area contributed by atoms with Crippen LogP contribution in [0, 0.1) is 0 Å². The van der Waals surface area contributed by atoms with Crippen LogP contribution in [-0.2, 0) is 16.0 Å². The number of hydrogen-bond donors (Lipinski definition) is 1. The molecule has 1 amide bonds. The summed E-state index contributed by atoms with van der Waals surface area (Å²) in [6, 6.07) is 15.5. The van der Waals surface area contributed by atoms with Crippen LogP contribution in [-0.4, -0.2) is 18.2 Å². The number of amides is 1. The smallest absolute Gasteiger partial charge is 0.234 e. The van der Waals surface area contributed by atoms with Gasteiger partial charge < -0.3 is 10.6 Å². The first-order valence-corrected chi connectivity index (χ1v) is 6.87. The van der Waals surface area contributed by atoms with E-state index in [-0.39, 0.29) is 24.7 Å². The molecule has 2 N–H and O–H groups in total.